The molecule has 1 fully saturated rings. The smallest absolute Gasteiger partial charge is 0.191 e. The summed E-state index contributed by atoms with van der Waals surface area (Å²) in [6.07, 6.45) is 7.72. The van der Waals surface area contributed by atoms with E-state index in [4.69, 9.17) is 4.99 Å². The highest BCUT2D eigenvalue weighted by atomic mass is 127. The highest BCUT2D eigenvalue weighted by Gasteiger charge is 2.14. The van der Waals surface area contributed by atoms with E-state index in [9.17, 15) is 0 Å². The zero-order valence-electron chi connectivity index (χ0n) is 19.3. The first-order chi connectivity index (χ1) is 14.6. The lowest BCUT2D eigenvalue weighted by atomic mass is 9.99. The van der Waals surface area contributed by atoms with Crippen LogP contribution in [0.5, 0.6) is 0 Å². The largest absolute Gasteiger partial charge is 0.357 e. The van der Waals surface area contributed by atoms with Crippen molar-refractivity contribution >= 4 is 29.9 Å². The maximum atomic E-state index is 4.80. The van der Waals surface area contributed by atoms with E-state index in [1.807, 2.05) is 19.3 Å². The Morgan fingerprint density at radius 3 is 2.68 bits per heavy atom. The van der Waals surface area contributed by atoms with Gasteiger partial charge in [0.1, 0.15) is 5.82 Å². The van der Waals surface area contributed by atoms with E-state index >= 15 is 0 Å². The van der Waals surface area contributed by atoms with Crippen LogP contribution in [-0.2, 0) is 13.1 Å². The van der Waals surface area contributed by atoms with Gasteiger partial charge in [0, 0.05) is 32.0 Å². The van der Waals surface area contributed by atoms with Crippen LogP contribution in [0, 0.1) is 12.8 Å². The zero-order chi connectivity index (χ0) is 21.2. The van der Waals surface area contributed by atoms with Gasteiger partial charge in [0.05, 0.1) is 6.54 Å². The third-order valence-corrected chi connectivity index (χ3v) is 5.85. The van der Waals surface area contributed by atoms with E-state index in [0.717, 1.165) is 43.8 Å². The monoisotopic (exact) mass is 538 g/mol. The summed E-state index contributed by atoms with van der Waals surface area (Å²) in [4.78, 5) is 11.7. The topological polar surface area (TPSA) is 57.5 Å². The average Bonchev–Trinajstić information content (AvgIpc) is 3.15. The van der Waals surface area contributed by atoms with Crippen LogP contribution in [0.2, 0.25) is 0 Å². The lowest BCUT2D eigenvalue weighted by Crippen LogP contribution is -2.39. The van der Waals surface area contributed by atoms with Gasteiger partial charge >= 0.3 is 0 Å². The van der Waals surface area contributed by atoms with Crippen molar-refractivity contribution in [3.05, 3.63) is 53.6 Å². The number of halogens is 1. The van der Waals surface area contributed by atoms with Crippen molar-refractivity contribution in [3.8, 4) is 0 Å². The fourth-order valence-corrected chi connectivity index (χ4v) is 3.90. The van der Waals surface area contributed by atoms with E-state index in [1.54, 1.807) is 0 Å². The van der Waals surface area contributed by atoms with Gasteiger partial charge in [-0.1, -0.05) is 31.2 Å². The van der Waals surface area contributed by atoms with Gasteiger partial charge in [-0.2, -0.15) is 0 Å². The summed E-state index contributed by atoms with van der Waals surface area (Å²) in [7, 11) is 0. The Labute approximate surface area is 204 Å². The van der Waals surface area contributed by atoms with Crippen molar-refractivity contribution < 1.29 is 0 Å². The van der Waals surface area contributed by atoms with Crippen LogP contribution >= 0.6 is 24.0 Å². The van der Waals surface area contributed by atoms with Gasteiger partial charge in [0.15, 0.2) is 5.96 Å². The molecule has 0 unspecified atom stereocenters. The highest BCUT2D eigenvalue weighted by molar-refractivity contribution is 14.0. The number of aryl methyl sites for hydroxylation is 1. The molecule has 172 valence electrons. The van der Waals surface area contributed by atoms with Gasteiger partial charge in [0.2, 0.25) is 0 Å². The molecule has 2 heterocycles. The molecule has 0 spiro atoms. The van der Waals surface area contributed by atoms with E-state index < -0.39 is 0 Å². The fourth-order valence-electron chi connectivity index (χ4n) is 3.90. The van der Waals surface area contributed by atoms with Crippen LogP contribution in [0.3, 0.4) is 0 Å². The third-order valence-electron chi connectivity index (χ3n) is 5.85. The lowest BCUT2D eigenvalue weighted by molar-refractivity contribution is 0.191. The lowest BCUT2D eigenvalue weighted by Gasteiger charge is -2.30. The Morgan fingerprint density at radius 1 is 1.19 bits per heavy atom. The van der Waals surface area contributed by atoms with Crippen LogP contribution in [0.25, 0.3) is 0 Å². The summed E-state index contributed by atoms with van der Waals surface area (Å²) in [5, 5.41) is 6.87. The van der Waals surface area contributed by atoms with Crippen LogP contribution in [0.15, 0.2) is 41.7 Å². The average molecular weight is 539 g/mol. The number of nitrogens with zero attached hydrogens (tertiary/aromatic N) is 4. The molecule has 0 radical (unpaired) electrons. The number of rotatable bonds is 9. The predicted molar refractivity (Wildman–Crippen MR) is 140 cm³/mol. The SMILES string of the molecule is CCNC(=NCc1cccc(Cn2ccnc2C)c1)NCCCN1CCC(C)CC1.I. The molecule has 6 nitrogen and oxygen atoms in total. The number of likely N-dealkylation sites (tertiary alicyclic amines) is 1. The van der Waals surface area contributed by atoms with Crippen molar-refractivity contribution in [2.75, 3.05) is 32.7 Å². The molecular weight excluding hydrogens is 499 g/mol. The molecule has 0 amide bonds. The molecule has 0 atom stereocenters. The maximum absolute atomic E-state index is 4.80. The summed E-state index contributed by atoms with van der Waals surface area (Å²) >= 11 is 0. The normalized spacial score (nSPS) is 15.5. The van der Waals surface area contributed by atoms with Crippen LogP contribution < -0.4 is 10.6 Å². The Balaban J connectivity index is 0.00000341. The molecule has 0 saturated carbocycles. The van der Waals surface area contributed by atoms with Crippen LogP contribution in [-0.4, -0.2) is 53.1 Å². The molecule has 31 heavy (non-hydrogen) atoms. The summed E-state index contributed by atoms with van der Waals surface area (Å²) in [6.45, 7) is 13.5. The Kier molecular flexibility index (Phi) is 11.4. The first-order valence-electron chi connectivity index (χ1n) is 11.4. The summed E-state index contributed by atoms with van der Waals surface area (Å²) in [5.41, 5.74) is 2.50. The van der Waals surface area contributed by atoms with Crippen LogP contribution in [0.1, 0.15) is 50.1 Å². The van der Waals surface area contributed by atoms with E-state index in [-0.39, 0.29) is 24.0 Å². The number of imidazole rings is 1. The quantitative estimate of drug-likeness (QED) is 0.219. The van der Waals surface area contributed by atoms with Gasteiger partial charge in [-0.05, 0) is 69.8 Å². The molecular formula is C24H39IN6. The van der Waals surface area contributed by atoms with E-state index in [0.29, 0.717) is 6.54 Å². The number of aromatic nitrogens is 2. The second kappa shape index (κ2) is 13.7. The minimum absolute atomic E-state index is 0. The van der Waals surface area contributed by atoms with Crippen molar-refractivity contribution in [2.24, 2.45) is 10.9 Å². The molecule has 1 aliphatic rings. The number of hydrogen-bond donors (Lipinski definition) is 2. The van der Waals surface area contributed by atoms with E-state index in [1.165, 1.54) is 43.6 Å². The molecule has 2 aromatic rings. The molecule has 3 rings (SSSR count). The molecule has 7 heteroatoms. The number of nitrogens with one attached hydrogen (secondary N) is 2. The number of hydrogen-bond acceptors (Lipinski definition) is 3. The van der Waals surface area contributed by atoms with Gasteiger partial charge in [-0.3, -0.25) is 0 Å². The first kappa shape index (κ1) is 25.6. The fraction of sp³-hybridized carbons (Fsp3) is 0.583. The molecule has 2 N–H and O–H groups in total. The highest BCUT2D eigenvalue weighted by Crippen LogP contribution is 2.15. The molecule has 1 aromatic carbocycles. The van der Waals surface area contributed by atoms with Crippen LogP contribution in [0.4, 0.5) is 0 Å². The Morgan fingerprint density at radius 2 is 1.97 bits per heavy atom. The minimum atomic E-state index is 0. The Hall–Kier alpha value is -1.61. The predicted octanol–water partition coefficient (Wildman–Crippen LogP) is 4.03. The van der Waals surface area contributed by atoms with Crippen molar-refractivity contribution in [1.29, 1.82) is 0 Å². The maximum Gasteiger partial charge on any atom is 0.191 e. The number of aliphatic imine (C=N–C) groups is 1. The summed E-state index contributed by atoms with van der Waals surface area (Å²) < 4.78 is 2.16. The first-order valence-corrected chi connectivity index (χ1v) is 11.4. The number of guanidine groups is 1. The van der Waals surface area contributed by atoms with Gasteiger partial charge < -0.3 is 20.1 Å². The van der Waals surface area contributed by atoms with Gasteiger partial charge in [0.25, 0.3) is 0 Å². The van der Waals surface area contributed by atoms with Crippen molar-refractivity contribution in [2.45, 2.75) is 53.1 Å². The summed E-state index contributed by atoms with van der Waals surface area (Å²) in [5.74, 6) is 2.84. The second-order valence-corrected chi connectivity index (χ2v) is 8.42. The molecule has 1 aliphatic heterocycles. The standard InChI is InChI=1S/C24H38N6.HI/c1-4-25-24(27-11-6-13-29-14-9-20(2)10-15-29)28-18-22-7-5-8-23(17-22)19-30-16-12-26-21(30)3;/h5,7-8,12,16-17,20H,4,6,9-11,13-15,18-19H2,1-3H3,(H2,25,27,28);1H. The second-order valence-electron chi connectivity index (χ2n) is 8.42. The number of benzene rings is 1. The number of piperidine rings is 1. The van der Waals surface area contributed by atoms with Crippen molar-refractivity contribution in [3.63, 3.8) is 0 Å². The molecule has 0 aliphatic carbocycles. The molecule has 1 aromatic heterocycles. The minimum Gasteiger partial charge on any atom is -0.357 e. The molecule has 0 bridgehead atoms. The zero-order valence-corrected chi connectivity index (χ0v) is 21.6. The third kappa shape index (κ3) is 8.80. The Bertz CT molecular complexity index is 795. The van der Waals surface area contributed by atoms with Crippen molar-refractivity contribution in [1.82, 2.24) is 25.1 Å². The summed E-state index contributed by atoms with van der Waals surface area (Å²) in [6, 6.07) is 8.67. The van der Waals surface area contributed by atoms with E-state index in [2.05, 4.69) is 63.2 Å². The van der Waals surface area contributed by atoms with Gasteiger partial charge in [-0.15, -0.1) is 24.0 Å². The molecule has 1 saturated heterocycles. The van der Waals surface area contributed by atoms with Gasteiger partial charge in [-0.25, -0.2) is 9.98 Å².